The normalized spacial score (nSPS) is 12.2. The van der Waals surface area contributed by atoms with Crippen molar-refractivity contribution in [2.75, 3.05) is 11.9 Å². The third-order valence-electron chi connectivity index (χ3n) is 2.29. The van der Waals surface area contributed by atoms with Gasteiger partial charge in [-0.05, 0) is 13.3 Å². The summed E-state index contributed by atoms with van der Waals surface area (Å²) in [4.78, 5) is 11.5. The Balaban J connectivity index is 2.25. The summed E-state index contributed by atoms with van der Waals surface area (Å²) < 4.78 is 1.69. The molecule has 5 heteroatoms. The van der Waals surface area contributed by atoms with E-state index >= 15 is 0 Å². The first-order valence-corrected chi connectivity index (χ1v) is 5.63. The number of hydrogen-bond donors (Lipinski definition) is 2. The Hall–Kier alpha value is -1.52. The Morgan fingerprint density at radius 3 is 2.94 bits per heavy atom. The molecule has 16 heavy (non-hydrogen) atoms. The predicted octanol–water partition coefficient (Wildman–Crippen LogP) is 1.14. The molecule has 0 aliphatic heterocycles. The van der Waals surface area contributed by atoms with E-state index in [-0.39, 0.29) is 11.9 Å². The minimum absolute atomic E-state index is 0.0183. The predicted molar refractivity (Wildman–Crippen MR) is 64.2 cm³/mol. The van der Waals surface area contributed by atoms with E-state index in [4.69, 9.17) is 0 Å². The van der Waals surface area contributed by atoms with Crippen molar-refractivity contribution < 1.29 is 4.79 Å². The fraction of sp³-hybridized carbons (Fsp3) is 0.636. The molecule has 0 saturated heterocycles. The summed E-state index contributed by atoms with van der Waals surface area (Å²) in [6, 6.07) is 0.244. The fourth-order valence-electron chi connectivity index (χ4n) is 1.53. The number of rotatable bonds is 6. The van der Waals surface area contributed by atoms with E-state index < -0.39 is 0 Å². The highest BCUT2D eigenvalue weighted by atomic mass is 16.1. The molecule has 0 aliphatic rings. The molecule has 0 aliphatic carbocycles. The van der Waals surface area contributed by atoms with Gasteiger partial charge in [-0.2, -0.15) is 5.10 Å². The third-order valence-corrected chi connectivity index (χ3v) is 2.29. The number of anilines is 1. The molecule has 0 saturated carbocycles. The monoisotopic (exact) mass is 224 g/mol. The maximum absolute atomic E-state index is 11.5. The van der Waals surface area contributed by atoms with Crippen LogP contribution in [0.3, 0.4) is 0 Å². The molecule has 1 amide bonds. The molecule has 0 bridgehead atoms. The molecule has 0 radical (unpaired) electrons. The van der Waals surface area contributed by atoms with Gasteiger partial charge in [0.1, 0.15) is 0 Å². The van der Waals surface area contributed by atoms with Crippen LogP contribution in [0, 0.1) is 0 Å². The summed E-state index contributed by atoms with van der Waals surface area (Å²) in [5, 5.41) is 9.95. The van der Waals surface area contributed by atoms with E-state index in [0.717, 1.165) is 18.5 Å². The Kier molecular flexibility index (Phi) is 4.82. The second kappa shape index (κ2) is 6.15. The number of aromatic nitrogens is 2. The maximum Gasteiger partial charge on any atom is 0.239 e. The Morgan fingerprint density at radius 1 is 1.62 bits per heavy atom. The quantitative estimate of drug-likeness (QED) is 0.761. The van der Waals surface area contributed by atoms with Gasteiger partial charge in [0.05, 0.1) is 18.4 Å². The molecule has 90 valence electrons. The number of carbonyl (C=O) groups excluding carboxylic acids is 1. The first-order chi connectivity index (χ1) is 7.61. The number of nitrogens with one attached hydrogen (secondary N) is 2. The van der Waals surface area contributed by atoms with Crippen LogP contribution in [0.15, 0.2) is 12.4 Å². The van der Waals surface area contributed by atoms with E-state index in [1.54, 1.807) is 10.9 Å². The van der Waals surface area contributed by atoms with E-state index in [9.17, 15) is 4.79 Å². The van der Waals surface area contributed by atoms with Gasteiger partial charge < -0.3 is 10.6 Å². The molecule has 0 spiro atoms. The molecular formula is C11H20N4O. The summed E-state index contributed by atoms with van der Waals surface area (Å²) >= 11 is 0. The Bertz CT molecular complexity index is 334. The molecule has 1 aromatic heterocycles. The SMILES string of the molecule is CCCC(C)NC(=O)CNc1cnn(C)c1. The number of carbonyl (C=O) groups is 1. The molecule has 1 rings (SSSR count). The summed E-state index contributed by atoms with van der Waals surface area (Å²) in [5.74, 6) is 0.0183. The number of nitrogens with zero attached hydrogens (tertiary/aromatic N) is 2. The van der Waals surface area contributed by atoms with Gasteiger partial charge >= 0.3 is 0 Å². The van der Waals surface area contributed by atoms with E-state index in [1.807, 2.05) is 20.2 Å². The van der Waals surface area contributed by atoms with Crippen LogP contribution in [-0.2, 0) is 11.8 Å². The van der Waals surface area contributed by atoms with Crippen molar-refractivity contribution in [2.24, 2.45) is 7.05 Å². The van der Waals surface area contributed by atoms with E-state index in [0.29, 0.717) is 6.54 Å². The van der Waals surface area contributed by atoms with Crippen LogP contribution in [0.1, 0.15) is 26.7 Å². The number of amides is 1. The maximum atomic E-state index is 11.5. The summed E-state index contributed by atoms with van der Waals surface area (Å²) in [6.07, 6.45) is 5.63. The van der Waals surface area contributed by atoms with Crippen molar-refractivity contribution in [1.29, 1.82) is 0 Å². The van der Waals surface area contributed by atoms with Crippen molar-refractivity contribution >= 4 is 11.6 Å². The first-order valence-electron chi connectivity index (χ1n) is 5.63. The molecule has 1 unspecified atom stereocenters. The third kappa shape index (κ3) is 4.33. The van der Waals surface area contributed by atoms with Gasteiger partial charge in [0.15, 0.2) is 0 Å². The lowest BCUT2D eigenvalue weighted by Crippen LogP contribution is -2.36. The van der Waals surface area contributed by atoms with Crippen molar-refractivity contribution in [3.05, 3.63) is 12.4 Å². The lowest BCUT2D eigenvalue weighted by molar-refractivity contribution is -0.120. The molecule has 1 heterocycles. The average Bonchev–Trinajstić information content (AvgIpc) is 2.61. The summed E-state index contributed by atoms with van der Waals surface area (Å²) in [5.41, 5.74) is 0.862. The van der Waals surface area contributed by atoms with Gasteiger partial charge in [0.2, 0.25) is 5.91 Å². The van der Waals surface area contributed by atoms with Gasteiger partial charge in [0.25, 0.3) is 0 Å². The largest absolute Gasteiger partial charge is 0.374 e. The van der Waals surface area contributed by atoms with Gasteiger partial charge in [-0.25, -0.2) is 0 Å². The summed E-state index contributed by atoms with van der Waals surface area (Å²) in [6.45, 7) is 4.42. The second-order valence-electron chi connectivity index (χ2n) is 4.01. The van der Waals surface area contributed by atoms with Crippen LogP contribution < -0.4 is 10.6 Å². The molecule has 1 atom stereocenters. The van der Waals surface area contributed by atoms with Crippen LogP contribution in [-0.4, -0.2) is 28.3 Å². The second-order valence-corrected chi connectivity index (χ2v) is 4.01. The van der Waals surface area contributed by atoms with Crippen LogP contribution in [0.2, 0.25) is 0 Å². The Labute approximate surface area is 96.2 Å². The first kappa shape index (κ1) is 12.5. The van der Waals surface area contributed by atoms with Crippen LogP contribution in [0.5, 0.6) is 0 Å². The number of hydrogen-bond acceptors (Lipinski definition) is 3. The minimum Gasteiger partial charge on any atom is -0.374 e. The zero-order valence-corrected chi connectivity index (χ0v) is 10.2. The average molecular weight is 224 g/mol. The molecule has 2 N–H and O–H groups in total. The van der Waals surface area contributed by atoms with Gasteiger partial charge in [0, 0.05) is 19.3 Å². The van der Waals surface area contributed by atoms with Crippen molar-refractivity contribution in [3.8, 4) is 0 Å². The highest BCUT2D eigenvalue weighted by molar-refractivity contribution is 5.80. The standard InChI is InChI=1S/C11H20N4O/c1-4-5-9(2)14-11(16)7-12-10-6-13-15(3)8-10/h6,8-9,12H,4-5,7H2,1-3H3,(H,14,16). The molecule has 0 aromatic carbocycles. The lowest BCUT2D eigenvalue weighted by atomic mass is 10.2. The Morgan fingerprint density at radius 2 is 2.38 bits per heavy atom. The molecule has 1 aromatic rings. The highest BCUT2D eigenvalue weighted by Gasteiger charge is 2.06. The zero-order valence-electron chi connectivity index (χ0n) is 10.2. The van der Waals surface area contributed by atoms with Gasteiger partial charge in [-0.3, -0.25) is 9.48 Å². The van der Waals surface area contributed by atoms with Crippen molar-refractivity contribution in [1.82, 2.24) is 15.1 Å². The molecule has 0 fully saturated rings. The fourth-order valence-corrected chi connectivity index (χ4v) is 1.53. The van der Waals surface area contributed by atoms with Crippen LogP contribution in [0.4, 0.5) is 5.69 Å². The van der Waals surface area contributed by atoms with Crippen LogP contribution in [0.25, 0.3) is 0 Å². The van der Waals surface area contributed by atoms with Gasteiger partial charge in [-0.15, -0.1) is 0 Å². The summed E-state index contributed by atoms with van der Waals surface area (Å²) in [7, 11) is 1.84. The molecule has 5 nitrogen and oxygen atoms in total. The van der Waals surface area contributed by atoms with Crippen LogP contribution >= 0.6 is 0 Å². The number of aryl methyl sites for hydroxylation is 1. The zero-order chi connectivity index (χ0) is 12.0. The van der Waals surface area contributed by atoms with E-state index in [1.165, 1.54) is 0 Å². The van der Waals surface area contributed by atoms with Gasteiger partial charge in [-0.1, -0.05) is 13.3 Å². The topological polar surface area (TPSA) is 59.0 Å². The minimum atomic E-state index is 0.0183. The molecular weight excluding hydrogens is 204 g/mol. The van der Waals surface area contributed by atoms with E-state index in [2.05, 4.69) is 22.7 Å². The van der Waals surface area contributed by atoms with Crippen molar-refractivity contribution in [3.63, 3.8) is 0 Å². The smallest absolute Gasteiger partial charge is 0.239 e. The van der Waals surface area contributed by atoms with Crippen molar-refractivity contribution in [2.45, 2.75) is 32.7 Å². The highest BCUT2D eigenvalue weighted by Crippen LogP contribution is 2.02. The lowest BCUT2D eigenvalue weighted by Gasteiger charge is -2.12.